The Kier molecular flexibility index (Phi) is 12.0. The van der Waals surface area contributed by atoms with Crippen LogP contribution in [-0.2, 0) is 17.6 Å². The molecular weight excluding hydrogens is 555 g/mol. The van der Waals surface area contributed by atoms with Crippen molar-refractivity contribution < 1.29 is 24.9 Å². The van der Waals surface area contributed by atoms with Crippen molar-refractivity contribution >= 4 is 52.1 Å². The molecule has 0 bridgehead atoms. The number of aryl methyl sites for hydroxylation is 2. The average molecular weight is 592 g/mol. The van der Waals surface area contributed by atoms with E-state index in [-0.39, 0.29) is 37.0 Å². The molecule has 1 heterocycles. The fourth-order valence-electron chi connectivity index (χ4n) is 5.35. The highest BCUT2D eigenvalue weighted by Crippen LogP contribution is 2.42. The number of carbonyl (C=O) groups excluding carboxylic acids is 1. The summed E-state index contributed by atoms with van der Waals surface area (Å²) < 4.78 is 5.43. The Morgan fingerprint density at radius 1 is 1.08 bits per heavy atom. The number of esters is 1. The van der Waals surface area contributed by atoms with Crippen molar-refractivity contribution in [2.75, 3.05) is 19.8 Å². The van der Waals surface area contributed by atoms with Crippen molar-refractivity contribution in [1.29, 1.82) is 0 Å². The lowest BCUT2D eigenvalue weighted by Gasteiger charge is -2.28. The van der Waals surface area contributed by atoms with Gasteiger partial charge in [0.2, 0.25) is 0 Å². The zero-order valence-corrected chi connectivity index (χ0v) is 24.3. The molecule has 0 unspecified atom stereocenters. The first-order chi connectivity index (χ1) is 17.7. The van der Waals surface area contributed by atoms with Crippen LogP contribution in [0.5, 0.6) is 0 Å². The van der Waals surface area contributed by atoms with E-state index in [1.807, 2.05) is 25.1 Å². The van der Waals surface area contributed by atoms with Gasteiger partial charge in [-0.15, -0.1) is 22.9 Å². The molecule has 0 amide bonds. The van der Waals surface area contributed by atoms with Gasteiger partial charge in [0.1, 0.15) is 11.5 Å². The van der Waals surface area contributed by atoms with Crippen molar-refractivity contribution in [3.63, 3.8) is 0 Å². The quantitative estimate of drug-likeness (QED) is 0.171. The fraction of sp³-hybridized carbons (Fsp3) is 0.607. The second-order valence-electron chi connectivity index (χ2n) is 10.3. The molecule has 1 aliphatic rings. The van der Waals surface area contributed by atoms with Crippen LogP contribution in [0.25, 0.3) is 0 Å². The highest BCUT2D eigenvalue weighted by Gasteiger charge is 2.40. The van der Waals surface area contributed by atoms with Crippen molar-refractivity contribution in [2.24, 2.45) is 17.3 Å². The van der Waals surface area contributed by atoms with Crippen molar-refractivity contribution in [3.05, 3.63) is 55.7 Å². The third-order valence-corrected chi connectivity index (χ3v) is 9.51. The minimum absolute atomic E-state index is 0.0101. The number of benzene rings is 1. The van der Waals surface area contributed by atoms with Crippen molar-refractivity contribution in [2.45, 2.75) is 69.8 Å². The predicted molar refractivity (Wildman–Crippen MR) is 151 cm³/mol. The van der Waals surface area contributed by atoms with Gasteiger partial charge in [-0.1, -0.05) is 36.5 Å². The summed E-state index contributed by atoms with van der Waals surface area (Å²) in [6.07, 6.45) is 5.77. The van der Waals surface area contributed by atoms with Gasteiger partial charge >= 0.3 is 5.97 Å². The topological polar surface area (TPSA) is 87.0 Å². The molecule has 4 atom stereocenters. The molecule has 0 spiro atoms. The van der Waals surface area contributed by atoms with Crippen LogP contribution in [0.1, 0.15) is 65.6 Å². The number of thiophene rings is 1. The second-order valence-corrected chi connectivity index (χ2v) is 12.9. The number of hydrogen-bond acceptors (Lipinski definition) is 6. The van der Waals surface area contributed by atoms with Gasteiger partial charge in [-0.3, -0.25) is 0 Å². The molecule has 2 aromatic rings. The minimum atomic E-state index is -0.802. The Bertz CT molecular complexity index is 989. The van der Waals surface area contributed by atoms with Crippen molar-refractivity contribution in [1.82, 2.24) is 0 Å². The van der Waals surface area contributed by atoms with Crippen LogP contribution < -0.4 is 0 Å². The monoisotopic (exact) mass is 590 g/mol. The van der Waals surface area contributed by atoms with Crippen LogP contribution in [0.2, 0.25) is 10.0 Å². The summed E-state index contributed by atoms with van der Waals surface area (Å²) in [7, 11) is 0. The van der Waals surface area contributed by atoms with Gasteiger partial charge in [0.05, 0.1) is 24.7 Å². The van der Waals surface area contributed by atoms with Gasteiger partial charge < -0.3 is 20.1 Å². The smallest absolute Gasteiger partial charge is 0.348 e. The summed E-state index contributed by atoms with van der Waals surface area (Å²) in [6, 6.07) is 9.26. The van der Waals surface area contributed by atoms with Crippen LogP contribution in [0.4, 0.5) is 0 Å². The van der Waals surface area contributed by atoms with E-state index in [1.54, 1.807) is 12.1 Å². The van der Waals surface area contributed by atoms with E-state index in [0.29, 0.717) is 27.8 Å². The third-order valence-electron chi connectivity index (χ3n) is 7.45. The van der Waals surface area contributed by atoms with Gasteiger partial charge in [-0.2, -0.15) is 0 Å². The molecule has 1 aliphatic carbocycles. The normalized spacial score (nSPS) is 21.9. The Balaban J connectivity index is 1.50. The van der Waals surface area contributed by atoms with Gasteiger partial charge in [0.25, 0.3) is 0 Å². The Labute approximate surface area is 238 Å². The number of aliphatic hydroxyl groups excluding tert-OH is 3. The number of carbonyl (C=O) groups is 1. The van der Waals surface area contributed by atoms with E-state index in [1.165, 1.54) is 11.3 Å². The SMILES string of the molecule is CCCC(CO)(CO)COC(=O)c1ccc(CCC[C@@H]2[C@@H](CCc3cc(Cl)cc(Cl)c3)[C@H](O)C[C@H]2Cl)s1. The molecule has 1 aromatic carbocycles. The second kappa shape index (κ2) is 14.5. The molecule has 1 saturated carbocycles. The summed E-state index contributed by atoms with van der Waals surface area (Å²) in [5, 5.41) is 31.2. The largest absolute Gasteiger partial charge is 0.461 e. The van der Waals surface area contributed by atoms with E-state index in [9.17, 15) is 20.1 Å². The number of aliphatic hydroxyl groups is 3. The van der Waals surface area contributed by atoms with Crippen LogP contribution in [0.15, 0.2) is 30.3 Å². The van der Waals surface area contributed by atoms with Crippen LogP contribution in [0.3, 0.4) is 0 Å². The molecule has 5 nitrogen and oxygen atoms in total. The predicted octanol–water partition coefficient (Wildman–Crippen LogP) is 6.54. The van der Waals surface area contributed by atoms with Gasteiger partial charge in [-0.25, -0.2) is 4.79 Å². The van der Waals surface area contributed by atoms with E-state index < -0.39 is 17.5 Å². The summed E-state index contributed by atoms with van der Waals surface area (Å²) >= 11 is 20.3. The zero-order valence-electron chi connectivity index (χ0n) is 21.2. The van der Waals surface area contributed by atoms with Crippen LogP contribution >= 0.6 is 46.1 Å². The number of hydrogen-bond donors (Lipinski definition) is 3. The van der Waals surface area contributed by atoms with Crippen molar-refractivity contribution in [3.8, 4) is 0 Å². The molecule has 1 aromatic heterocycles. The third kappa shape index (κ3) is 8.56. The number of halogens is 3. The Hall–Kier alpha value is -0.860. The average Bonchev–Trinajstić information content (AvgIpc) is 3.44. The molecule has 0 saturated heterocycles. The standard InChI is InChI=1S/C28H37Cl3O5S/c1-2-10-28(15-32,16-33)17-36-27(35)26-9-7-21(37-26)4-3-5-22-23(25(34)14-24(22)31)8-6-18-11-19(29)13-20(30)12-18/h7,9,11-13,22-25,32-34H,2-6,8,10,14-17H2,1H3/t22-,23-,24-,25-/m1/s1. The maximum absolute atomic E-state index is 12.5. The highest BCUT2D eigenvalue weighted by atomic mass is 35.5. The molecule has 206 valence electrons. The molecule has 1 fully saturated rings. The number of ether oxygens (including phenoxy) is 1. The fourth-order valence-corrected chi connectivity index (χ4v) is 7.36. The molecule has 37 heavy (non-hydrogen) atoms. The minimum Gasteiger partial charge on any atom is -0.461 e. The van der Waals surface area contributed by atoms with E-state index in [0.717, 1.165) is 49.0 Å². The van der Waals surface area contributed by atoms with Crippen LogP contribution in [0, 0.1) is 17.3 Å². The van der Waals surface area contributed by atoms with Gasteiger partial charge in [0.15, 0.2) is 0 Å². The highest BCUT2D eigenvalue weighted by molar-refractivity contribution is 7.13. The number of alkyl halides is 1. The van der Waals surface area contributed by atoms with E-state index in [2.05, 4.69) is 0 Å². The Morgan fingerprint density at radius 3 is 2.43 bits per heavy atom. The molecule has 3 rings (SSSR count). The van der Waals surface area contributed by atoms with E-state index >= 15 is 0 Å². The summed E-state index contributed by atoms with van der Waals surface area (Å²) in [5.74, 6) is -0.0884. The lowest BCUT2D eigenvalue weighted by molar-refractivity contribution is -0.0202. The van der Waals surface area contributed by atoms with Gasteiger partial charge in [-0.05, 0) is 92.7 Å². The first kappa shape index (κ1) is 30.7. The molecule has 9 heteroatoms. The summed E-state index contributed by atoms with van der Waals surface area (Å²) in [6.45, 7) is 1.49. The molecular formula is C28H37Cl3O5S. The molecule has 0 aliphatic heterocycles. The lowest BCUT2D eigenvalue weighted by atomic mass is 9.85. The summed E-state index contributed by atoms with van der Waals surface area (Å²) in [4.78, 5) is 14.1. The summed E-state index contributed by atoms with van der Waals surface area (Å²) in [5.41, 5.74) is 0.258. The van der Waals surface area contributed by atoms with Crippen LogP contribution in [-0.4, -0.2) is 52.6 Å². The molecule has 3 N–H and O–H groups in total. The maximum Gasteiger partial charge on any atom is 0.348 e. The number of rotatable bonds is 14. The lowest BCUT2D eigenvalue weighted by Crippen LogP contribution is -2.35. The Morgan fingerprint density at radius 2 is 1.78 bits per heavy atom. The maximum atomic E-state index is 12.5. The first-order valence-corrected chi connectivity index (χ1v) is 15.0. The first-order valence-electron chi connectivity index (χ1n) is 12.9. The van der Waals surface area contributed by atoms with Gasteiger partial charge in [0, 0.05) is 20.3 Å². The van der Waals surface area contributed by atoms with E-state index in [4.69, 9.17) is 39.5 Å². The molecule has 0 radical (unpaired) electrons. The zero-order chi connectivity index (χ0) is 27.0.